The van der Waals surface area contributed by atoms with E-state index in [-0.39, 0.29) is 30.4 Å². The molecule has 0 saturated carbocycles. The largest absolute Gasteiger partial charge is 0.458 e. The fourth-order valence-corrected chi connectivity index (χ4v) is 4.45. The number of nitrogens with zero attached hydrogens (tertiary/aromatic N) is 2. The molecule has 1 aliphatic rings. The van der Waals surface area contributed by atoms with Crippen LogP contribution >= 0.6 is 0 Å². The summed E-state index contributed by atoms with van der Waals surface area (Å²) in [5.41, 5.74) is 0.795. The van der Waals surface area contributed by atoms with Gasteiger partial charge in [-0.1, -0.05) is 48.5 Å². The zero-order valence-electron chi connectivity index (χ0n) is 21.6. The topological polar surface area (TPSA) is 84.0 Å². The quantitative estimate of drug-likeness (QED) is 0.493. The molecule has 36 heavy (non-hydrogen) atoms. The van der Waals surface area contributed by atoms with Gasteiger partial charge in [-0.15, -0.1) is 0 Å². The molecular weight excluding hydrogens is 456 g/mol. The maximum Gasteiger partial charge on any atom is 0.329 e. The molecule has 1 heterocycles. The third-order valence-electron chi connectivity index (χ3n) is 6.29. The van der Waals surface area contributed by atoms with Gasteiger partial charge < -0.3 is 14.5 Å². The summed E-state index contributed by atoms with van der Waals surface area (Å²) < 4.78 is 5.49. The van der Waals surface area contributed by atoms with Crippen LogP contribution in [0.25, 0.3) is 0 Å². The third kappa shape index (κ3) is 7.26. The molecule has 1 fully saturated rings. The number of ketones is 1. The van der Waals surface area contributed by atoms with Crippen molar-refractivity contribution in [1.82, 2.24) is 9.80 Å². The van der Waals surface area contributed by atoms with Gasteiger partial charge in [0.05, 0.1) is 6.04 Å². The van der Waals surface area contributed by atoms with Gasteiger partial charge in [-0.2, -0.15) is 0 Å². The summed E-state index contributed by atoms with van der Waals surface area (Å²) in [5, 5.41) is 0. The lowest BCUT2D eigenvalue weighted by Crippen LogP contribution is -2.45. The molecule has 2 atom stereocenters. The minimum Gasteiger partial charge on any atom is -0.458 e. The summed E-state index contributed by atoms with van der Waals surface area (Å²) in [6.07, 6.45) is 1.60. The van der Waals surface area contributed by atoms with E-state index >= 15 is 0 Å². The lowest BCUT2D eigenvalue weighted by molar-refractivity contribution is -0.163. The first-order valence-electron chi connectivity index (χ1n) is 12.5. The number of likely N-dealkylation sites (tertiary alicyclic amines) is 1. The van der Waals surface area contributed by atoms with Crippen molar-refractivity contribution in [1.29, 1.82) is 0 Å². The van der Waals surface area contributed by atoms with Gasteiger partial charge in [0, 0.05) is 32.0 Å². The Bertz CT molecular complexity index is 1060. The molecule has 0 N–H and O–H groups in total. The van der Waals surface area contributed by atoms with Gasteiger partial charge in [-0.05, 0) is 57.7 Å². The summed E-state index contributed by atoms with van der Waals surface area (Å²) in [6, 6.07) is 17.0. The van der Waals surface area contributed by atoms with Crippen molar-refractivity contribution in [2.24, 2.45) is 0 Å². The maximum absolute atomic E-state index is 13.4. The van der Waals surface area contributed by atoms with Crippen LogP contribution in [0, 0.1) is 0 Å². The SMILES string of the molecule is CN(C(=O)c1ccccc1)[C@H](Cc1ccccc1)C(=O)CCC(=O)N1CCC[C@H]1C(=O)OC(C)(C)C. The van der Waals surface area contributed by atoms with Crippen molar-refractivity contribution in [3.8, 4) is 0 Å². The number of ether oxygens (including phenoxy) is 1. The van der Waals surface area contributed by atoms with Gasteiger partial charge >= 0.3 is 5.97 Å². The van der Waals surface area contributed by atoms with E-state index < -0.39 is 23.7 Å². The molecule has 192 valence electrons. The van der Waals surface area contributed by atoms with Gasteiger partial charge in [0.25, 0.3) is 5.91 Å². The van der Waals surface area contributed by atoms with E-state index in [1.807, 2.05) is 36.4 Å². The van der Waals surface area contributed by atoms with Gasteiger partial charge in [-0.3, -0.25) is 14.4 Å². The molecule has 3 rings (SSSR count). The van der Waals surface area contributed by atoms with Gasteiger partial charge in [0.15, 0.2) is 5.78 Å². The molecule has 0 bridgehead atoms. The van der Waals surface area contributed by atoms with Crippen LogP contribution in [0.1, 0.15) is 62.4 Å². The average Bonchev–Trinajstić information content (AvgIpc) is 3.35. The van der Waals surface area contributed by atoms with Crippen molar-refractivity contribution in [2.45, 2.75) is 70.6 Å². The Labute approximate surface area is 213 Å². The van der Waals surface area contributed by atoms with Crippen LogP contribution in [0.2, 0.25) is 0 Å². The zero-order chi connectivity index (χ0) is 26.3. The lowest BCUT2D eigenvalue weighted by atomic mass is 9.97. The number of esters is 1. The molecule has 0 spiro atoms. The molecule has 0 radical (unpaired) electrons. The summed E-state index contributed by atoms with van der Waals surface area (Å²) in [7, 11) is 1.63. The predicted molar refractivity (Wildman–Crippen MR) is 137 cm³/mol. The molecule has 1 saturated heterocycles. The van der Waals surface area contributed by atoms with Gasteiger partial charge in [0.2, 0.25) is 5.91 Å². The first kappa shape index (κ1) is 27.1. The Morgan fingerprint density at radius 2 is 1.58 bits per heavy atom. The third-order valence-corrected chi connectivity index (χ3v) is 6.29. The predicted octanol–water partition coefficient (Wildman–Crippen LogP) is 4.05. The molecule has 7 heteroatoms. The normalized spacial score (nSPS) is 16.3. The van der Waals surface area contributed by atoms with E-state index in [9.17, 15) is 19.2 Å². The molecule has 0 aromatic heterocycles. The van der Waals surface area contributed by atoms with Crippen LogP contribution in [0.3, 0.4) is 0 Å². The Balaban J connectivity index is 1.69. The van der Waals surface area contributed by atoms with Crippen LogP contribution < -0.4 is 0 Å². The second-order valence-electron chi connectivity index (χ2n) is 10.2. The summed E-state index contributed by atoms with van der Waals surface area (Å²) >= 11 is 0. The smallest absolute Gasteiger partial charge is 0.329 e. The van der Waals surface area contributed by atoms with Crippen LogP contribution in [0.15, 0.2) is 60.7 Å². The molecule has 7 nitrogen and oxygen atoms in total. The number of likely N-dealkylation sites (N-methyl/N-ethyl adjacent to an activating group) is 1. The Morgan fingerprint density at radius 1 is 0.972 bits per heavy atom. The molecule has 0 aliphatic carbocycles. The number of amides is 2. The highest BCUT2D eigenvalue weighted by Gasteiger charge is 2.37. The summed E-state index contributed by atoms with van der Waals surface area (Å²) in [5.74, 6) is -1.09. The maximum atomic E-state index is 13.4. The van der Waals surface area contributed by atoms with Crippen LogP contribution in [-0.2, 0) is 25.5 Å². The van der Waals surface area contributed by atoms with Crippen molar-refractivity contribution in [3.05, 3.63) is 71.8 Å². The highest BCUT2D eigenvalue weighted by atomic mass is 16.6. The monoisotopic (exact) mass is 492 g/mol. The van der Waals surface area contributed by atoms with Crippen molar-refractivity contribution in [2.75, 3.05) is 13.6 Å². The Kier molecular flexibility index (Phi) is 9.02. The summed E-state index contributed by atoms with van der Waals surface area (Å²) in [4.78, 5) is 55.1. The van der Waals surface area contributed by atoms with Crippen molar-refractivity contribution < 1.29 is 23.9 Å². The van der Waals surface area contributed by atoms with E-state index in [0.717, 1.165) is 5.56 Å². The zero-order valence-corrected chi connectivity index (χ0v) is 21.6. The van der Waals surface area contributed by atoms with Crippen LogP contribution in [0.4, 0.5) is 0 Å². The molecule has 1 aliphatic heterocycles. The summed E-state index contributed by atoms with van der Waals surface area (Å²) in [6.45, 7) is 5.86. The number of carbonyl (C=O) groups is 4. The molecule has 2 aromatic carbocycles. The van der Waals surface area contributed by atoms with Gasteiger partial charge in [0.1, 0.15) is 11.6 Å². The highest BCUT2D eigenvalue weighted by molar-refractivity contribution is 5.98. The second-order valence-corrected chi connectivity index (χ2v) is 10.2. The van der Waals surface area contributed by atoms with Crippen molar-refractivity contribution >= 4 is 23.6 Å². The average molecular weight is 493 g/mol. The van der Waals surface area contributed by atoms with E-state index in [4.69, 9.17) is 4.74 Å². The molecular formula is C29H36N2O5. The highest BCUT2D eigenvalue weighted by Crippen LogP contribution is 2.23. The molecule has 2 aromatic rings. The van der Waals surface area contributed by atoms with Crippen LogP contribution in [-0.4, -0.2) is 64.6 Å². The van der Waals surface area contributed by atoms with Gasteiger partial charge in [-0.25, -0.2) is 4.79 Å². The number of hydrogen-bond acceptors (Lipinski definition) is 5. The number of carbonyl (C=O) groups excluding carboxylic acids is 4. The van der Waals surface area contributed by atoms with E-state index in [1.54, 1.807) is 52.1 Å². The minimum atomic E-state index is -0.715. The Hall–Kier alpha value is -3.48. The molecule has 0 unspecified atom stereocenters. The first-order valence-corrected chi connectivity index (χ1v) is 12.5. The Morgan fingerprint density at radius 3 is 2.19 bits per heavy atom. The van der Waals surface area contributed by atoms with E-state index in [1.165, 1.54) is 9.80 Å². The van der Waals surface area contributed by atoms with E-state index in [0.29, 0.717) is 31.4 Å². The minimum absolute atomic E-state index is 0.0136. The van der Waals surface area contributed by atoms with E-state index in [2.05, 4.69) is 0 Å². The number of rotatable bonds is 9. The fourth-order valence-electron chi connectivity index (χ4n) is 4.45. The first-order chi connectivity index (χ1) is 17.1. The number of benzene rings is 2. The van der Waals surface area contributed by atoms with Crippen LogP contribution in [0.5, 0.6) is 0 Å². The lowest BCUT2D eigenvalue weighted by Gasteiger charge is -2.29. The molecule has 2 amide bonds. The second kappa shape index (κ2) is 12.0. The number of Topliss-reactive ketones (excluding diaryl/α,β-unsaturated/α-hetero) is 1. The number of hydrogen-bond donors (Lipinski definition) is 0. The van der Waals surface area contributed by atoms with Crippen molar-refractivity contribution in [3.63, 3.8) is 0 Å². The fraction of sp³-hybridized carbons (Fsp3) is 0.448. The standard InChI is InChI=1S/C29H36N2O5/c1-29(2,3)36-28(35)23-16-11-19-31(23)26(33)18-17-25(32)24(20-21-12-7-5-8-13-21)30(4)27(34)22-14-9-6-10-15-22/h5-10,12-15,23-24H,11,16-20H2,1-4H3/t23-,24+/m0/s1.